The van der Waals surface area contributed by atoms with Crippen molar-refractivity contribution in [2.24, 2.45) is 13.0 Å². The van der Waals surface area contributed by atoms with Gasteiger partial charge in [-0.25, -0.2) is 4.98 Å². The molecule has 1 N–H and O–H groups in total. The monoisotopic (exact) mass is 312 g/mol. The Morgan fingerprint density at radius 3 is 2.64 bits per heavy atom. The number of aromatic nitrogens is 3. The van der Waals surface area contributed by atoms with Crippen LogP contribution in [0.1, 0.15) is 19.5 Å². The van der Waals surface area contributed by atoms with Crippen molar-refractivity contribution in [2.45, 2.75) is 20.0 Å². The van der Waals surface area contributed by atoms with E-state index < -0.39 is 11.9 Å². The smallest absolute Gasteiger partial charge is 0.310 e. The van der Waals surface area contributed by atoms with E-state index in [0.29, 0.717) is 0 Å². The predicted octanol–water partition coefficient (Wildman–Crippen LogP) is 3.10. The van der Waals surface area contributed by atoms with Crippen LogP contribution in [0.3, 0.4) is 0 Å². The highest BCUT2D eigenvalue weighted by molar-refractivity contribution is 5.91. The van der Waals surface area contributed by atoms with Gasteiger partial charge < -0.3 is 5.32 Å². The van der Waals surface area contributed by atoms with Crippen molar-refractivity contribution in [3.8, 4) is 11.1 Å². The largest absolute Gasteiger partial charge is 0.435 e. The minimum absolute atomic E-state index is 0.0579. The number of carbonyl (C=O) groups is 1. The van der Waals surface area contributed by atoms with Crippen LogP contribution in [0.4, 0.5) is 19.0 Å². The van der Waals surface area contributed by atoms with Gasteiger partial charge in [-0.3, -0.25) is 9.48 Å². The fourth-order valence-electron chi connectivity index (χ4n) is 1.85. The van der Waals surface area contributed by atoms with Gasteiger partial charge in [0.05, 0.1) is 0 Å². The number of alkyl halides is 3. The highest BCUT2D eigenvalue weighted by Gasteiger charge is 2.37. The fraction of sp³-hybridized carbons (Fsp3) is 0.357. The van der Waals surface area contributed by atoms with Gasteiger partial charge in [-0.05, 0) is 17.7 Å². The zero-order chi connectivity index (χ0) is 16.5. The normalized spacial score (nSPS) is 11.8. The fourth-order valence-corrected chi connectivity index (χ4v) is 1.85. The van der Waals surface area contributed by atoms with Gasteiger partial charge in [0.15, 0.2) is 5.69 Å². The first-order chi connectivity index (χ1) is 10.2. The molecule has 0 aliphatic carbocycles. The number of aryl methyl sites for hydroxylation is 1. The van der Waals surface area contributed by atoms with Gasteiger partial charge in [-0.15, -0.1) is 0 Å². The van der Waals surface area contributed by atoms with E-state index in [1.165, 1.54) is 31.6 Å². The summed E-state index contributed by atoms with van der Waals surface area (Å²) in [6.45, 7) is 3.42. The summed E-state index contributed by atoms with van der Waals surface area (Å²) >= 11 is 0. The molecular formula is C14H15F3N4O. The number of halogens is 3. The minimum Gasteiger partial charge on any atom is -0.310 e. The quantitative estimate of drug-likeness (QED) is 0.947. The lowest BCUT2D eigenvalue weighted by atomic mass is 10.1. The van der Waals surface area contributed by atoms with Gasteiger partial charge in [0.25, 0.3) is 0 Å². The number of anilines is 1. The average molecular weight is 312 g/mol. The number of nitrogens with zero attached hydrogens (tertiary/aromatic N) is 3. The summed E-state index contributed by atoms with van der Waals surface area (Å²) in [6, 6.07) is 2.84. The van der Waals surface area contributed by atoms with Crippen molar-refractivity contribution in [2.75, 3.05) is 5.32 Å². The van der Waals surface area contributed by atoms with Crippen LogP contribution >= 0.6 is 0 Å². The third-order valence-corrected chi connectivity index (χ3v) is 2.94. The molecular weight excluding hydrogens is 297 g/mol. The molecule has 0 aliphatic heterocycles. The zero-order valence-corrected chi connectivity index (χ0v) is 12.3. The molecule has 2 heterocycles. The van der Waals surface area contributed by atoms with E-state index in [1.54, 1.807) is 13.8 Å². The number of amides is 1. The average Bonchev–Trinajstić information content (AvgIpc) is 2.81. The van der Waals surface area contributed by atoms with E-state index in [-0.39, 0.29) is 28.8 Å². The number of hydrogen-bond donors (Lipinski definition) is 1. The van der Waals surface area contributed by atoms with Gasteiger partial charge in [0.1, 0.15) is 5.82 Å². The lowest BCUT2D eigenvalue weighted by Gasteiger charge is -2.09. The maximum atomic E-state index is 13.0. The molecule has 0 radical (unpaired) electrons. The van der Waals surface area contributed by atoms with Crippen molar-refractivity contribution in [3.63, 3.8) is 0 Å². The second kappa shape index (κ2) is 5.78. The van der Waals surface area contributed by atoms with E-state index in [1.807, 2.05) is 0 Å². The second-order valence-electron chi connectivity index (χ2n) is 5.14. The summed E-state index contributed by atoms with van der Waals surface area (Å²) in [5.41, 5.74) is -0.741. The third kappa shape index (κ3) is 3.44. The topological polar surface area (TPSA) is 59.8 Å². The van der Waals surface area contributed by atoms with Crippen LogP contribution < -0.4 is 5.32 Å². The molecule has 2 rings (SSSR count). The van der Waals surface area contributed by atoms with Gasteiger partial charge in [-0.1, -0.05) is 13.8 Å². The highest BCUT2D eigenvalue weighted by atomic mass is 19.4. The van der Waals surface area contributed by atoms with Crippen LogP contribution in [0.2, 0.25) is 0 Å². The standard InChI is InChI=1S/C14H15F3N4O/c1-8(2)13(22)19-11-6-9(4-5-18-11)10-7-21(3)20-12(10)14(15,16)17/h4-8H,1-3H3,(H,18,19,22). The van der Waals surface area contributed by atoms with Crippen LogP contribution in [0.25, 0.3) is 11.1 Å². The highest BCUT2D eigenvalue weighted by Crippen LogP contribution is 2.36. The maximum Gasteiger partial charge on any atom is 0.435 e. The Balaban J connectivity index is 2.40. The lowest BCUT2D eigenvalue weighted by molar-refractivity contribution is -0.141. The van der Waals surface area contributed by atoms with Gasteiger partial charge in [-0.2, -0.15) is 18.3 Å². The molecule has 118 valence electrons. The maximum absolute atomic E-state index is 13.0. The van der Waals surface area contributed by atoms with Crippen molar-refractivity contribution in [1.82, 2.24) is 14.8 Å². The number of pyridine rings is 1. The van der Waals surface area contributed by atoms with Gasteiger partial charge >= 0.3 is 6.18 Å². The zero-order valence-electron chi connectivity index (χ0n) is 12.3. The lowest BCUT2D eigenvalue weighted by Crippen LogP contribution is -2.18. The molecule has 1 amide bonds. The van der Waals surface area contributed by atoms with E-state index in [4.69, 9.17) is 0 Å². The first kappa shape index (κ1) is 16.0. The van der Waals surface area contributed by atoms with Crippen LogP contribution in [0.5, 0.6) is 0 Å². The Kier molecular flexibility index (Phi) is 4.20. The molecule has 0 aromatic carbocycles. The van der Waals surface area contributed by atoms with E-state index >= 15 is 0 Å². The summed E-state index contributed by atoms with van der Waals surface area (Å²) in [6.07, 6.45) is -1.92. The van der Waals surface area contributed by atoms with Crippen molar-refractivity contribution in [3.05, 3.63) is 30.2 Å². The molecule has 0 aliphatic rings. The van der Waals surface area contributed by atoms with Crippen molar-refractivity contribution < 1.29 is 18.0 Å². The molecule has 22 heavy (non-hydrogen) atoms. The van der Waals surface area contributed by atoms with E-state index in [2.05, 4.69) is 15.4 Å². The number of rotatable bonds is 3. The molecule has 0 bridgehead atoms. The third-order valence-electron chi connectivity index (χ3n) is 2.94. The molecule has 0 fully saturated rings. The van der Waals surface area contributed by atoms with Crippen LogP contribution in [0.15, 0.2) is 24.5 Å². The number of hydrogen-bond acceptors (Lipinski definition) is 3. The Hall–Kier alpha value is -2.38. The Morgan fingerprint density at radius 2 is 2.05 bits per heavy atom. The molecule has 2 aromatic heterocycles. The first-order valence-corrected chi connectivity index (χ1v) is 6.56. The summed E-state index contributed by atoms with van der Waals surface area (Å²) < 4.78 is 40.1. The van der Waals surface area contributed by atoms with Gasteiger partial charge in [0, 0.05) is 30.9 Å². The summed E-state index contributed by atoms with van der Waals surface area (Å²) in [7, 11) is 1.42. The molecule has 0 saturated heterocycles. The molecule has 0 unspecified atom stereocenters. The van der Waals surface area contributed by atoms with E-state index in [9.17, 15) is 18.0 Å². The molecule has 5 nitrogen and oxygen atoms in total. The summed E-state index contributed by atoms with van der Waals surface area (Å²) in [5.74, 6) is -0.311. The van der Waals surface area contributed by atoms with Crippen LogP contribution in [-0.2, 0) is 18.0 Å². The molecule has 0 atom stereocenters. The summed E-state index contributed by atoms with van der Waals surface area (Å²) in [5, 5.41) is 6.02. The van der Waals surface area contributed by atoms with Crippen molar-refractivity contribution in [1.29, 1.82) is 0 Å². The number of nitrogens with one attached hydrogen (secondary N) is 1. The SMILES string of the molecule is CC(C)C(=O)Nc1cc(-c2cn(C)nc2C(F)(F)F)ccn1. The molecule has 8 heteroatoms. The van der Waals surface area contributed by atoms with Gasteiger partial charge in [0.2, 0.25) is 5.91 Å². The first-order valence-electron chi connectivity index (χ1n) is 6.56. The Labute approximate surface area is 125 Å². The number of carbonyl (C=O) groups excluding carboxylic acids is 1. The van der Waals surface area contributed by atoms with Crippen LogP contribution in [0, 0.1) is 5.92 Å². The molecule has 0 saturated carbocycles. The second-order valence-corrected chi connectivity index (χ2v) is 5.14. The minimum atomic E-state index is -4.55. The molecule has 2 aromatic rings. The van der Waals surface area contributed by atoms with Crippen molar-refractivity contribution >= 4 is 11.7 Å². The van der Waals surface area contributed by atoms with Crippen LogP contribution in [-0.4, -0.2) is 20.7 Å². The molecule has 0 spiro atoms. The summed E-state index contributed by atoms with van der Waals surface area (Å²) in [4.78, 5) is 15.6. The Morgan fingerprint density at radius 1 is 1.36 bits per heavy atom. The predicted molar refractivity (Wildman–Crippen MR) is 74.9 cm³/mol. The van der Waals surface area contributed by atoms with E-state index in [0.717, 1.165) is 4.68 Å². The Bertz CT molecular complexity index is 692.